The maximum atomic E-state index is 12.2. The summed E-state index contributed by atoms with van der Waals surface area (Å²) in [6, 6.07) is 17.3. The second kappa shape index (κ2) is 34.1. The van der Waals surface area contributed by atoms with Gasteiger partial charge in [-0.1, -0.05) is 5.21 Å². The van der Waals surface area contributed by atoms with Gasteiger partial charge in [0.2, 0.25) is 0 Å². The molecular formula is C56H83FeN3O35. The molecule has 1 aromatic heterocycles. The van der Waals surface area contributed by atoms with E-state index in [-0.39, 0.29) is 29.3 Å². The molecule has 21 aliphatic rings. The van der Waals surface area contributed by atoms with Gasteiger partial charge in [0.1, 0.15) is 177 Å². The molecule has 0 unspecified atom stereocenters. The topological polar surface area (TPSA) is 574 Å². The van der Waals surface area contributed by atoms with Crippen LogP contribution in [0.25, 0.3) is 0 Å². The molecule has 0 spiro atoms. The number of aliphatic hydroxyl groups excluding tert-OH is 20. The number of hydrogen-bond donors (Lipinski definition) is 20. The molecule has 22 heterocycles. The number of aliphatic hydroxyl groups is 20. The van der Waals surface area contributed by atoms with E-state index in [1.807, 2.05) is 54.6 Å². The van der Waals surface area contributed by atoms with Crippen LogP contribution in [0.15, 0.2) is 60.8 Å². The molecular weight excluding hydrogens is 1330 g/mol. The van der Waals surface area contributed by atoms with Crippen molar-refractivity contribution in [3.05, 3.63) is 72.1 Å². The molecule has 0 aliphatic carbocycles. The molecule has 24 rings (SSSR count). The third-order valence-corrected chi connectivity index (χ3v) is 17.4. The summed E-state index contributed by atoms with van der Waals surface area (Å²) in [7, 11) is 0. The summed E-state index contributed by atoms with van der Waals surface area (Å²) in [4.78, 5) is 0. The van der Waals surface area contributed by atoms with Gasteiger partial charge in [0, 0.05) is 12.7 Å². The van der Waals surface area contributed by atoms with Crippen LogP contribution < -0.4 is 0 Å². The molecule has 20 N–H and O–H groups in total. The van der Waals surface area contributed by atoms with E-state index in [1.54, 1.807) is 0 Å². The normalized spacial score (nSPS) is 46.8. The zero-order chi connectivity index (χ0) is 67.4. The minimum atomic E-state index is -2.22. The molecule has 38 nitrogen and oxygen atoms in total. The molecule has 21 fully saturated rings. The Balaban J connectivity index is 0.00000169. The maximum absolute atomic E-state index is 12.2. The van der Waals surface area contributed by atoms with Gasteiger partial charge in [-0.15, -0.1) is 5.10 Å². The third kappa shape index (κ3) is 16.5. The Bertz CT molecular complexity index is 2670. The van der Waals surface area contributed by atoms with Crippen LogP contribution in [0.1, 0.15) is 11.3 Å². The van der Waals surface area contributed by atoms with Crippen molar-refractivity contribution in [1.29, 1.82) is 0 Å². The maximum Gasteiger partial charge on any atom is 2.00 e. The average Bonchev–Trinajstić information content (AvgIpc) is 1.11. The van der Waals surface area contributed by atoms with Crippen LogP contribution in [0.3, 0.4) is 0 Å². The number of nitrogens with zero attached hydrogens (tertiary/aromatic N) is 3. The minimum Gasteiger partial charge on any atom is -0.394 e. The van der Waals surface area contributed by atoms with E-state index < -0.39 is 268 Å². The van der Waals surface area contributed by atoms with Crippen LogP contribution in [0.2, 0.25) is 0 Å². The van der Waals surface area contributed by atoms with E-state index >= 15 is 0 Å². The molecule has 39 heteroatoms. The van der Waals surface area contributed by atoms with Gasteiger partial charge in [-0.25, -0.2) is 18.2 Å². The predicted octanol–water partition coefficient (Wildman–Crippen LogP) is -12.2. The van der Waals surface area contributed by atoms with Crippen LogP contribution in [-0.2, 0) is 101 Å². The molecule has 2 aromatic carbocycles. The first-order chi connectivity index (χ1) is 45.2. The molecule has 0 radical (unpaired) electrons. The van der Waals surface area contributed by atoms with Gasteiger partial charge in [-0.05, 0) is 0 Å². The van der Waals surface area contributed by atoms with Gasteiger partial charge < -0.3 is 173 Å². The van der Waals surface area contributed by atoms with E-state index in [4.69, 9.17) is 71.1 Å². The fraction of sp³-hybridized carbons (Fsp3) is 0.786. The summed E-state index contributed by atoms with van der Waals surface area (Å²) in [6.07, 6.45) is -68.4. The Hall–Kier alpha value is -3.04. The van der Waals surface area contributed by atoms with Crippen molar-refractivity contribution in [1.82, 2.24) is 15.0 Å². The predicted molar refractivity (Wildman–Crippen MR) is 294 cm³/mol. The van der Waals surface area contributed by atoms with Crippen molar-refractivity contribution in [2.75, 3.05) is 46.2 Å². The summed E-state index contributed by atoms with van der Waals surface area (Å²) in [5, 5.41) is 232. The first-order valence-corrected chi connectivity index (χ1v) is 30.3. The molecule has 21 saturated heterocycles. The van der Waals surface area contributed by atoms with Gasteiger partial charge in [0.15, 0.2) is 44.0 Å². The van der Waals surface area contributed by atoms with Crippen molar-refractivity contribution in [2.45, 2.75) is 228 Å². The Kier molecular flexibility index (Phi) is 27.3. The largest absolute Gasteiger partial charge is 2.00 e. The van der Waals surface area contributed by atoms with E-state index in [0.29, 0.717) is 0 Å². The molecule has 21 aliphatic heterocycles. The summed E-state index contributed by atoms with van der Waals surface area (Å²) >= 11 is 0. The van der Waals surface area contributed by atoms with E-state index in [0.717, 1.165) is 5.56 Å². The quantitative estimate of drug-likeness (QED) is 0.0591. The minimum absolute atomic E-state index is 0. The SMILES string of the molecule is OC[C@H]1O[C@@H]2O[C@H]3[C@H](O)[C@@H](O)[C@@H](O[C@H]4[C@H](O)[C@@H](O)[C@@H](O[C@H]5[C@H](O)[C@@H](OCc6cn(Cc7cc[cH-]c7)nn6)[C@@H](O[C@H]6[C@H](O)[C@@H](O)[C@@H](O[C@H]7[C@H](O)[C@@H](O)[C@@H](O[C@H]8[C@H](O)[C@@H](O)[C@@H](O[C@H]1[C@H](O)[C@H]2O)O[C@@H]8CO)O[C@@H]7CO)O[C@@H]6CO)O[C@@H]5CO)O[C@@H]4CO)O[C@@H]3CO.[Fe+2].c1cc[cH-]c1. The first-order valence-electron chi connectivity index (χ1n) is 30.3. The molecule has 95 heavy (non-hydrogen) atoms. The Morgan fingerprint density at radius 2 is 0.642 bits per heavy atom. The van der Waals surface area contributed by atoms with Gasteiger partial charge in [-0.3, -0.25) is 4.68 Å². The van der Waals surface area contributed by atoms with E-state index in [1.165, 1.54) is 10.9 Å². The van der Waals surface area contributed by atoms with E-state index in [2.05, 4.69) is 10.3 Å². The second-order valence-electron chi connectivity index (χ2n) is 23.6. The average molecular weight is 1410 g/mol. The number of rotatable bonds is 12. The Labute approximate surface area is 550 Å². The van der Waals surface area contributed by atoms with Crippen molar-refractivity contribution in [2.24, 2.45) is 0 Å². The second-order valence-corrected chi connectivity index (χ2v) is 23.6. The van der Waals surface area contributed by atoms with E-state index in [9.17, 15) is 102 Å². The Morgan fingerprint density at radius 3 is 0.905 bits per heavy atom. The summed E-state index contributed by atoms with van der Waals surface area (Å²) in [5.74, 6) is 0. The molecule has 35 atom stereocenters. The zero-order valence-corrected chi connectivity index (χ0v) is 51.2. The van der Waals surface area contributed by atoms with Crippen LogP contribution in [0.5, 0.6) is 0 Å². The van der Waals surface area contributed by atoms with Gasteiger partial charge in [0.25, 0.3) is 0 Å². The fourth-order valence-corrected chi connectivity index (χ4v) is 12.3. The zero-order valence-electron chi connectivity index (χ0n) is 50.1. The van der Waals surface area contributed by atoms with Crippen molar-refractivity contribution < 1.29 is 190 Å². The van der Waals surface area contributed by atoms with Crippen molar-refractivity contribution in [3.63, 3.8) is 0 Å². The van der Waals surface area contributed by atoms with Crippen molar-refractivity contribution in [3.8, 4) is 0 Å². The van der Waals surface area contributed by atoms with Gasteiger partial charge in [0.05, 0.1) is 52.9 Å². The number of ether oxygens (including phenoxy) is 15. The van der Waals surface area contributed by atoms with Gasteiger partial charge in [-0.2, -0.15) is 42.0 Å². The van der Waals surface area contributed by atoms with Crippen LogP contribution in [0.4, 0.5) is 0 Å². The third-order valence-electron chi connectivity index (χ3n) is 17.4. The number of hydrogen-bond acceptors (Lipinski definition) is 37. The fourth-order valence-electron chi connectivity index (χ4n) is 12.3. The molecule has 0 amide bonds. The summed E-state index contributed by atoms with van der Waals surface area (Å²) < 4.78 is 89.3. The van der Waals surface area contributed by atoms with Crippen molar-refractivity contribution >= 4 is 0 Å². The van der Waals surface area contributed by atoms with Crippen LogP contribution in [0, 0.1) is 0 Å². The summed E-state index contributed by atoms with van der Waals surface area (Å²) in [6.45, 7) is -7.54. The first kappa shape index (κ1) is 76.1. The Morgan fingerprint density at radius 1 is 0.358 bits per heavy atom. The number of aromatic nitrogens is 3. The van der Waals surface area contributed by atoms with Crippen LogP contribution in [-0.4, -0.2) is 378 Å². The monoisotopic (exact) mass is 1410 g/mol. The smallest absolute Gasteiger partial charge is 0.394 e. The standard InChI is InChI=1S/C51H78N3O35.C5H5.Fe/c55-7-17-37-24(62)30(68)46(76-17)84-39-19(9-57)78-48(32(70)26(39)64)86-41-21(11-59)80-50(34(72)28(41)66)88-43-23(13-61)82-51(44(36(43)74)75-14-16-6-54(53-52-16)5-15-3-1-2-4-15)89-42-22(12-60)81-49(35(73)29(42)67)87-40-20(10-58)79-47(33(71)27(40)65)85-38-18(8-56)77-45(83-37)31(69)25(38)63;1-2-4-5-3-1;/h1-4,6,17-51,55-74H,5,7-14H2;1-5H;/q2*-1;+2/t17-,18-,19-,20-,21-,22-,23-,24-,25-,26-,27-,28-,29-,30-,31-,32-,33-,34-,35-,36+,37-,38-,39-,40-,41-,42-,43-,44-,45-,46-,47-,48-,49-,50-,51-;;/m1../s1. The summed E-state index contributed by atoms with van der Waals surface area (Å²) in [5.41, 5.74) is 1.04. The van der Waals surface area contributed by atoms with Gasteiger partial charge >= 0.3 is 17.1 Å². The molecule has 0 saturated carbocycles. The molecule has 540 valence electrons. The molecule has 14 bridgehead atoms. The van der Waals surface area contributed by atoms with Crippen LogP contribution >= 0.6 is 0 Å². The molecule has 3 aromatic rings.